The molecule has 22 heavy (non-hydrogen) atoms. The van der Waals surface area contributed by atoms with E-state index in [4.69, 9.17) is 0 Å². The summed E-state index contributed by atoms with van der Waals surface area (Å²) in [7, 11) is 0. The molecule has 2 heterocycles. The molecule has 7 heteroatoms. The summed E-state index contributed by atoms with van der Waals surface area (Å²) in [6, 6.07) is -0.297. The zero-order chi connectivity index (χ0) is 16.2. The molecule has 0 saturated carbocycles. The highest BCUT2D eigenvalue weighted by atomic mass is 16.3. The standard InChI is InChI=1S/C15H27N5O2/c1-15(2,3)11(21)9-16-14(22)17-10-13-19-18-12-7-5-4-6-8-20(12)13/h11,21H,4-10H2,1-3H3,(H2,16,17,22). The Morgan fingerprint density at radius 1 is 1.27 bits per heavy atom. The minimum atomic E-state index is -0.581. The molecule has 0 radical (unpaired) electrons. The number of aliphatic hydroxyl groups excluding tert-OH is 1. The van der Waals surface area contributed by atoms with Gasteiger partial charge in [0.15, 0.2) is 5.82 Å². The molecule has 1 unspecified atom stereocenters. The summed E-state index contributed by atoms with van der Waals surface area (Å²) in [4.78, 5) is 11.8. The summed E-state index contributed by atoms with van der Waals surface area (Å²) in [6.45, 7) is 7.30. The molecule has 124 valence electrons. The summed E-state index contributed by atoms with van der Waals surface area (Å²) in [6.07, 6.45) is 3.86. The van der Waals surface area contributed by atoms with E-state index in [0.717, 1.165) is 37.5 Å². The first-order valence-corrected chi connectivity index (χ1v) is 7.98. The quantitative estimate of drug-likeness (QED) is 0.779. The SMILES string of the molecule is CC(C)(C)C(O)CNC(=O)NCc1nnc2n1CCCCC2. The van der Waals surface area contributed by atoms with Crippen molar-refractivity contribution in [2.45, 2.75) is 65.6 Å². The van der Waals surface area contributed by atoms with Gasteiger partial charge in [-0.25, -0.2) is 4.79 Å². The van der Waals surface area contributed by atoms with E-state index in [1.165, 1.54) is 6.42 Å². The molecule has 0 aliphatic carbocycles. The number of hydrogen-bond acceptors (Lipinski definition) is 4. The van der Waals surface area contributed by atoms with Crippen LogP contribution in [0.4, 0.5) is 4.79 Å². The van der Waals surface area contributed by atoms with Crippen molar-refractivity contribution in [3.05, 3.63) is 11.6 Å². The van der Waals surface area contributed by atoms with Crippen LogP contribution in [0.2, 0.25) is 0 Å². The van der Waals surface area contributed by atoms with Gasteiger partial charge in [0, 0.05) is 19.5 Å². The number of rotatable bonds is 4. The second kappa shape index (κ2) is 7.09. The van der Waals surface area contributed by atoms with Gasteiger partial charge in [-0.3, -0.25) is 0 Å². The van der Waals surface area contributed by atoms with Crippen LogP contribution in [0.25, 0.3) is 0 Å². The first-order chi connectivity index (χ1) is 10.4. The Balaban J connectivity index is 1.81. The fourth-order valence-electron chi connectivity index (χ4n) is 2.39. The third kappa shape index (κ3) is 4.43. The summed E-state index contributed by atoms with van der Waals surface area (Å²) >= 11 is 0. The number of nitrogens with zero attached hydrogens (tertiary/aromatic N) is 3. The summed E-state index contributed by atoms with van der Waals surface area (Å²) in [5.74, 6) is 1.81. The van der Waals surface area contributed by atoms with Crippen LogP contribution in [-0.4, -0.2) is 38.6 Å². The summed E-state index contributed by atoms with van der Waals surface area (Å²) in [5, 5.41) is 23.7. The van der Waals surface area contributed by atoms with E-state index in [1.807, 2.05) is 20.8 Å². The maximum Gasteiger partial charge on any atom is 0.315 e. The second-order valence-electron chi connectivity index (χ2n) is 6.94. The van der Waals surface area contributed by atoms with Gasteiger partial charge < -0.3 is 20.3 Å². The molecule has 0 bridgehead atoms. The lowest BCUT2D eigenvalue weighted by Crippen LogP contribution is -2.43. The van der Waals surface area contributed by atoms with Crippen molar-refractivity contribution in [3.8, 4) is 0 Å². The lowest BCUT2D eigenvalue weighted by atomic mass is 9.89. The summed E-state index contributed by atoms with van der Waals surface area (Å²) in [5.41, 5.74) is -0.252. The Labute approximate surface area is 131 Å². The first-order valence-electron chi connectivity index (χ1n) is 7.98. The van der Waals surface area contributed by atoms with Crippen LogP contribution in [0.15, 0.2) is 0 Å². The lowest BCUT2D eigenvalue weighted by molar-refractivity contribution is 0.0650. The molecule has 1 aromatic rings. The molecule has 1 aliphatic heterocycles. The van der Waals surface area contributed by atoms with Crippen molar-refractivity contribution in [3.63, 3.8) is 0 Å². The van der Waals surface area contributed by atoms with Gasteiger partial charge in [0.05, 0.1) is 12.6 Å². The zero-order valence-corrected chi connectivity index (χ0v) is 13.7. The van der Waals surface area contributed by atoms with Gasteiger partial charge >= 0.3 is 6.03 Å². The van der Waals surface area contributed by atoms with Crippen molar-refractivity contribution < 1.29 is 9.90 Å². The second-order valence-corrected chi connectivity index (χ2v) is 6.94. The van der Waals surface area contributed by atoms with E-state index in [9.17, 15) is 9.90 Å². The maximum absolute atomic E-state index is 11.8. The predicted octanol–water partition coefficient (Wildman–Crippen LogP) is 1.21. The van der Waals surface area contributed by atoms with E-state index in [0.29, 0.717) is 6.54 Å². The molecule has 1 atom stereocenters. The van der Waals surface area contributed by atoms with Gasteiger partial charge in [-0.15, -0.1) is 10.2 Å². The fraction of sp³-hybridized carbons (Fsp3) is 0.800. The molecule has 2 amide bonds. The smallest absolute Gasteiger partial charge is 0.315 e. The number of aromatic nitrogens is 3. The van der Waals surface area contributed by atoms with Crippen LogP contribution < -0.4 is 10.6 Å². The van der Waals surface area contributed by atoms with E-state index in [-0.39, 0.29) is 18.0 Å². The Morgan fingerprint density at radius 3 is 2.77 bits per heavy atom. The average molecular weight is 309 g/mol. The van der Waals surface area contributed by atoms with Gasteiger partial charge in [-0.05, 0) is 18.3 Å². The molecule has 2 rings (SSSR count). The van der Waals surface area contributed by atoms with Gasteiger partial charge in [0.1, 0.15) is 5.82 Å². The zero-order valence-electron chi connectivity index (χ0n) is 13.7. The molecular formula is C15H27N5O2. The third-order valence-electron chi connectivity index (χ3n) is 4.05. The van der Waals surface area contributed by atoms with Crippen molar-refractivity contribution in [1.29, 1.82) is 0 Å². The van der Waals surface area contributed by atoms with Gasteiger partial charge in [-0.2, -0.15) is 0 Å². The maximum atomic E-state index is 11.8. The van der Waals surface area contributed by atoms with Crippen LogP contribution >= 0.6 is 0 Å². The van der Waals surface area contributed by atoms with Gasteiger partial charge in [-0.1, -0.05) is 27.2 Å². The van der Waals surface area contributed by atoms with Crippen LogP contribution in [0.3, 0.4) is 0 Å². The van der Waals surface area contributed by atoms with Crippen LogP contribution in [0, 0.1) is 5.41 Å². The molecule has 3 N–H and O–H groups in total. The molecule has 0 aromatic carbocycles. The van der Waals surface area contributed by atoms with E-state index in [2.05, 4.69) is 25.4 Å². The first kappa shape index (κ1) is 16.7. The number of carbonyl (C=O) groups excluding carboxylic acids is 1. The van der Waals surface area contributed by atoms with Crippen LogP contribution in [0.5, 0.6) is 0 Å². The number of urea groups is 1. The molecule has 1 aliphatic rings. The van der Waals surface area contributed by atoms with Crippen LogP contribution in [-0.2, 0) is 19.5 Å². The Kier molecular flexibility index (Phi) is 5.39. The highest BCUT2D eigenvalue weighted by molar-refractivity contribution is 5.73. The van der Waals surface area contributed by atoms with Crippen molar-refractivity contribution >= 4 is 6.03 Å². The average Bonchev–Trinajstić information content (AvgIpc) is 2.68. The largest absolute Gasteiger partial charge is 0.391 e. The van der Waals surface area contributed by atoms with E-state index < -0.39 is 6.10 Å². The minimum Gasteiger partial charge on any atom is -0.391 e. The summed E-state index contributed by atoms with van der Waals surface area (Å²) < 4.78 is 2.11. The lowest BCUT2D eigenvalue weighted by Gasteiger charge is -2.25. The fourth-order valence-corrected chi connectivity index (χ4v) is 2.39. The highest BCUT2D eigenvalue weighted by Crippen LogP contribution is 2.18. The molecule has 0 fully saturated rings. The van der Waals surface area contributed by atoms with Gasteiger partial charge in [0.2, 0.25) is 0 Å². The topological polar surface area (TPSA) is 92.1 Å². The monoisotopic (exact) mass is 309 g/mol. The number of hydrogen-bond donors (Lipinski definition) is 3. The van der Waals surface area contributed by atoms with Crippen LogP contribution in [0.1, 0.15) is 51.7 Å². The Bertz CT molecular complexity index is 507. The van der Waals surface area contributed by atoms with E-state index in [1.54, 1.807) is 0 Å². The van der Waals surface area contributed by atoms with Crippen molar-refractivity contribution in [1.82, 2.24) is 25.4 Å². The molecule has 0 spiro atoms. The molecule has 0 saturated heterocycles. The molecule has 1 aromatic heterocycles. The molecule has 7 nitrogen and oxygen atoms in total. The highest BCUT2D eigenvalue weighted by Gasteiger charge is 2.22. The minimum absolute atomic E-state index is 0.229. The van der Waals surface area contributed by atoms with Crippen molar-refractivity contribution in [2.75, 3.05) is 6.54 Å². The number of amides is 2. The number of carbonyl (C=O) groups is 1. The van der Waals surface area contributed by atoms with E-state index >= 15 is 0 Å². The number of nitrogens with one attached hydrogen (secondary N) is 2. The van der Waals surface area contributed by atoms with Gasteiger partial charge in [0.25, 0.3) is 0 Å². The number of fused-ring (bicyclic) bond motifs is 1. The third-order valence-corrected chi connectivity index (χ3v) is 4.05. The molecular weight excluding hydrogens is 282 g/mol. The Morgan fingerprint density at radius 2 is 2.05 bits per heavy atom. The predicted molar refractivity (Wildman–Crippen MR) is 83.3 cm³/mol. The normalized spacial score (nSPS) is 16.5. The number of aliphatic hydroxyl groups is 1. The van der Waals surface area contributed by atoms with Crippen molar-refractivity contribution in [2.24, 2.45) is 5.41 Å². The number of aryl methyl sites for hydroxylation is 1. The Hall–Kier alpha value is -1.63.